The van der Waals surface area contributed by atoms with Crippen molar-refractivity contribution >= 4 is 29.1 Å². The molecule has 0 aliphatic carbocycles. The Labute approximate surface area is 126 Å². The Balaban J connectivity index is 1.91. The van der Waals surface area contributed by atoms with Crippen LogP contribution in [0.3, 0.4) is 0 Å². The van der Waals surface area contributed by atoms with Crippen molar-refractivity contribution < 1.29 is 9.18 Å². The molecule has 0 fully saturated rings. The number of amides is 1. The van der Waals surface area contributed by atoms with Crippen LogP contribution in [-0.2, 0) is 6.42 Å². The van der Waals surface area contributed by atoms with Crippen molar-refractivity contribution in [3.05, 3.63) is 69.5 Å². The van der Waals surface area contributed by atoms with Gasteiger partial charge in [-0.2, -0.15) is 0 Å². The van der Waals surface area contributed by atoms with Gasteiger partial charge in [0.05, 0.1) is 0 Å². The fourth-order valence-electron chi connectivity index (χ4n) is 1.77. The molecule has 20 heavy (non-hydrogen) atoms. The third-order valence-corrected chi connectivity index (χ3v) is 3.37. The molecule has 0 unspecified atom stereocenters. The molecule has 1 amide bonds. The molecule has 5 heteroatoms. The zero-order valence-corrected chi connectivity index (χ0v) is 12.0. The summed E-state index contributed by atoms with van der Waals surface area (Å²) >= 11 is 11.8. The lowest BCUT2D eigenvalue weighted by Gasteiger charge is -2.07. The maximum absolute atomic E-state index is 13.0. The van der Waals surface area contributed by atoms with Crippen LogP contribution in [0.1, 0.15) is 15.9 Å². The van der Waals surface area contributed by atoms with E-state index in [4.69, 9.17) is 23.2 Å². The van der Waals surface area contributed by atoms with Gasteiger partial charge in [0.2, 0.25) is 0 Å². The van der Waals surface area contributed by atoms with E-state index >= 15 is 0 Å². The van der Waals surface area contributed by atoms with Crippen molar-refractivity contribution in [1.82, 2.24) is 5.32 Å². The standard InChI is InChI=1S/C15H12Cl2FNO/c16-12-5-4-10(14(17)9-12)6-7-19-15(20)11-2-1-3-13(18)8-11/h1-5,8-9H,6-7H2,(H,19,20). The zero-order chi connectivity index (χ0) is 14.5. The van der Waals surface area contributed by atoms with E-state index in [0.29, 0.717) is 28.6 Å². The maximum atomic E-state index is 13.0. The summed E-state index contributed by atoms with van der Waals surface area (Å²) < 4.78 is 13.0. The molecule has 0 aromatic heterocycles. The second-order valence-corrected chi connectivity index (χ2v) is 5.10. The minimum absolute atomic E-state index is 0.298. The van der Waals surface area contributed by atoms with Gasteiger partial charge in [0, 0.05) is 22.2 Å². The van der Waals surface area contributed by atoms with Crippen LogP contribution in [0.15, 0.2) is 42.5 Å². The zero-order valence-electron chi connectivity index (χ0n) is 10.5. The number of benzene rings is 2. The minimum atomic E-state index is -0.432. The molecule has 0 radical (unpaired) electrons. The molecule has 0 heterocycles. The smallest absolute Gasteiger partial charge is 0.251 e. The first kappa shape index (κ1) is 14.8. The summed E-state index contributed by atoms with van der Waals surface area (Å²) in [6, 6.07) is 10.8. The summed E-state index contributed by atoms with van der Waals surface area (Å²) in [6.45, 7) is 0.413. The quantitative estimate of drug-likeness (QED) is 0.904. The number of carbonyl (C=O) groups is 1. The predicted molar refractivity (Wildman–Crippen MR) is 78.9 cm³/mol. The van der Waals surface area contributed by atoms with Crippen molar-refractivity contribution in [1.29, 1.82) is 0 Å². The lowest BCUT2D eigenvalue weighted by Crippen LogP contribution is -2.25. The lowest BCUT2D eigenvalue weighted by atomic mass is 10.1. The van der Waals surface area contributed by atoms with Crippen molar-refractivity contribution in [3.8, 4) is 0 Å². The lowest BCUT2D eigenvalue weighted by molar-refractivity contribution is 0.0953. The molecule has 0 bridgehead atoms. The van der Waals surface area contributed by atoms with E-state index in [1.807, 2.05) is 6.07 Å². The molecule has 2 aromatic rings. The van der Waals surface area contributed by atoms with Crippen molar-refractivity contribution in [2.75, 3.05) is 6.54 Å². The molecule has 0 saturated carbocycles. The Morgan fingerprint density at radius 2 is 1.95 bits per heavy atom. The van der Waals surface area contributed by atoms with E-state index in [2.05, 4.69) is 5.32 Å². The summed E-state index contributed by atoms with van der Waals surface area (Å²) in [5.41, 5.74) is 1.20. The Kier molecular flexibility index (Phi) is 4.99. The van der Waals surface area contributed by atoms with Crippen LogP contribution >= 0.6 is 23.2 Å². The highest BCUT2D eigenvalue weighted by Crippen LogP contribution is 2.21. The van der Waals surface area contributed by atoms with Crippen molar-refractivity contribution in [2.45, 2.75) is 6.42 Å². The van der Waals surface area contributed by atoms with Crippen LogP contribution < -0.4 is 5.32 Å². The van der Waals surface area contributed by atoms with Crippen LogP contribution in [0.5, 0.6) is 0 Å². The largest absolute Gasteiger partial charge is 0.352 e. The molecule has 0 aliphatic rings. The summed E-state index contributed by atoms with van der Waals surface area (Å²) in [7, 11) is 0. The van der Waals surface area contributed by atoms with E-state index < -0.39 is 5.82 Å². The van der Waals surface area contributed by atoms with E-state index in [0.717, 1.165) is 5.56 Å². The first-order valence-electron chi connectivity index (χ1n) is 6.04. The van der Waals surface area contributed by atoms with Gasteiger partial charge in [-0.1, -0.05) is 35.3 Å². The van der Waals surface area contributed by atoms with Gasteiger partial charge in [-0.3, -0.25) is 4.79 Å². The average molecular weight is 312 g/mol. The molecule has 0 atom stereocenters. The number of halogens is 3. The van der Waals surface area contributed by atoms with Crippen molar-refractivity contribution in [2.24, 2.45) is 0 Å². The van der Waals surface area contributed by atoms with E-state index in [-0.39, 0.29) is 5.91 Å². The fourth-order valence-corrected chi connectivity index (χ4v) is 2.27. The normalized spacial score (nSPS) is 10.3. The second-order valence-electron chi connectivity index (χ2n) is 4.25. The van der Waals surface area contributed by atoms with Gasteiger partial charge in [-0.25, -0.2) is 4.39 Å². The van der Waals surface area contributed by atoms with E-state index in [9.17, 15) is 9.18 Å². The first-order valence-corrected chi connectivity index (χ1v) is 6.79. The predicted octanol–water partition coefficient (Wildman–Crippen LogP) is 4.11. The molecule has 2 aromatic carbocycles. The van der Waals surface area contributed by atoms with Crippen LogP contribution in [-0.4, -0.2) is 12.5 Å². The van der Waals surface area contributed by atoms with Crippen molar-refractivity contribution in [3.63, 3.8) is 0 Å². The third-order valence-electron chi connectivity index (χ3n) is 2.78. The van der Waals surface area contributed by atoms with Gasteiger partial charge >= 0.3 is 0 Å². The Morgan fingerprint density at radius 3 is 2.65 bits per heavy atom. The molecule has 2 rings (SSSR count). The highest BCUT2D eigenvalue weighted by molar-refractivity contribution is 6.35. The molecule has 0 saturated heterocycles. The Bertz CT molecular complexity index is 631. The number of hydrogen-bond donors (Lipinski definition) is 1. The summed E-state index contributed by atoms with van der Waals surface area (Å²) in [5.74, 6) is -0.743. The van der Waals surface area contributed by atoms with Crippen LogP contribution in [0.2, 0.25) is 10.0 Å². The highest BCUT2D eigenvalue weighted by Gasteiger charge is 2.06. The Morgan fingerprint density at radius 1 is 1.15 bits per heavy atom. The highest BCUT2D eigenvalue weighted by atomic mass is 35.5. The van der Waals surface area contributed by atoms with E-state index in [1.165, 1.54) is 18.2 Å². The third kappa shape index (κ3) is 3.95. The molecule has 0 spiro atoms. The van der Waals surface area contributed by atoms with Crippen LogP contribution in [0.25, 0.3) is 0 Å². The monoisotopic (exact) mass is 311 g/mol. The fraction of sp³-hybridized carbons (Fsp3) is 0.133. The van der Waals surface area contributed by atoms with Gasteiger partial charge in [0.25, 0.3) is 5.91 Å². The van der Waals surface area contributed by atoms with Gasteiger partial charge in [-0.15, -0.1) is 0 Å². The SMILES string of the molecule is O=C(NCCc1ccc(Cl)cc1Cl)c1cccc(F)c1. The average Bonchev–Trinajstić information content (AvgIpc) is 2.41. The molecule has 1 N–H and O–H groups in total. The summed E-state index contributed by atoms with van der Waals surface area (Å²) in [5, 5.41) is 3.86. The minimum Gasteiger partial charge on any atom is -0.352 e. The van der Waals surface area contributed by atoms with Crippen LogP contribution in [0.4, 0.5) is 4.39 Å². The van der Waals surface area contributed by atoms with Gasteiger partial charge < -0.3 is 5.32 Å². The number of rotatable bonds is 4. The topological polar surface area (TPSA) is 29.1 Å². The van der Waals surface area contributed by atoms with Crippen LogP contribution in [0, 0.1) is 5.82 Å². The molecule has 104 valence electrons. The van der Waals surface area contributed by atoms with Gasteiger partial charge in [-0.05, 0) is 42.3 Å². The maximum Gasteiger partial charge on any atom is 0.251 e. The van der Waals surface area contributed by atoms with E-state index in [1.54, 1.807) is 18.2 Å². The first-order chi connectivity index (χ1) is 9.56. The van der Waals surface area contributed by atoms with Gasteiger partial charge in [0.1, 0.15) is 5.82 Å². The molecular weight excluding hydrogens is 300 g/mol. The number of hydrogen-bond acceptors (Lipinski definition) is 1. The molecule has 2 nitrogen and oxygen atoms in total. The number of carbonyl (C=O) groups excluding carboxylic acids is 1. The molecular formula is C15H12Cl2FNO. The van der Waals surface area contributed by atoms with Gasteiger partial charge in [0.15, 0.2) is 0 Å². The Hall–Kier alpha value is -1.58. The number of nitrogens with one attached hydrogen (secondary N) is 1. The second kappa shape index (κ2) is 6.73. The molecule has 0 aliphatic heterocycles. The summed E-state index contributed by atoms with van der Waals surface area (Å²) in [6.07, 6.45) is 0.580. The summed E-state index contributed by atoms with van der Waals surface area (Å²) in [4.78, 5) is 11.8.